The summed E-state index contributed by atoms with van der Waals surface area (Å²) < 4.78 is 31.0. The zero-order chi connectivity index (χ0) is 15.4. The molecule has 0 saturated heterocycles. The van der Waals surface area contributed by atoms with Gasteiger partial charge in [-0.1, -0.05) is 17.7 Å². The molecule has 2 nitrogen and oxygen atoms in total. The summed E-state index contributed by atoms with van der Waals surface area (Å²) in [6.07, 6.45) is 0. The third kappa shape index (κ3) is 4.56. The molecule has 21 heavy (non-hydrogen) atoms. The number of benzene rings is 2. The van der Waals surface area contributed by atoms with Crippen molar-refractivity contribution in [3.63, 3.8) is 0 Å². The maximum Gasteiger partial charge on any atom is 0.387 e. The Morgan fingerprint density at radius 1 is 1.14 bits per heavy atom. The van der Waals surface area contributed by atoms with E-state index in [1.165, 1.54) is 12.1 Å². The fraction of sp³-hybridized carbons (Fsp3) is 0.143. The maximum absolute atomic E-state index is 12.4. The number of hydrogen-bond acceptors (Lipinski definition) is 2. The van der Waals surface area contributed by atoms with Crippen molar-refractivity contribution in [2.45, 2.75) is 13.2 Å². The van der Waals surface area contributed by atoms with Crippen LogP contribution in [-0.4, -0.2) is 6.61 Å². The summed E-state index contributed by atoms with van der Waals surface area (Å²) >= 11 is 12.8. The molecule has 0 bridgehead atoms. The average molecular weight is 441 g/mol. The Bertz CT molecular complexity index is 620. The molecule has 2 aromatic carbocycles. The van der Waals surface area contributed by atoms with Gasteiger partial charge in [0.25, 0.3) is 0 Å². The van der Waals surface area contributed by atoms with Gasteiger partial charge in [-0.3, -0.25) is 0 Å². The molecule has 0 amide bonds. The Kier molecular flexibility index (Phi) is 5.84. The van der Waals surface area contributed by atoms with Crippen LogP contribution in [0.15, 0.2) is 45.3 Å². The van der Waals surface area contributed by atoms with Gasteiger partial charge in [-0.2, -0.15) is 8.78 Å². The topological polar surface area (TPSA) is 21.3 Å². The molecule has 0 saturated carbocycles. The van der Waals surface area contributed by atoms with Gasteiger partial charge in [-0.15, -0.1) is 0 Å². The average Bonchev–Trinajstić information content (AvgIpc) is 2.40. The van der Waals surface area contributed by atoms with E-state index in [0.29, 0.717) is 17.1 Å². The van der Waals surface area contributed by atoms with E-state index in [0.717, 1.165) is 14.6 Å². The van der Waals surface area contributed by atoms with Gasteiger partial charge >= 0.3 is 6.61 Å². The normalized spacial score (nSPS) is 10.8. The van der Waals surface area contributed by atoms with Gasteiger partial charge in [0.05, 0.1) is 5.69 Å². The minimum atomic E-state index is -2.87. The molecule has 0 heterocycles. The second-order valence-corrected chi connectivity index (χ2v) is 6.23. The van der Waals surface area contributed by atoms with Crippen LogP contribution in [0.1, 0.15) is 5.56 Å². The number of hydrogen-bond donors (Lipinski definition) is 1. The molecular formula is C14H10Br2ClF2NO. The molecule has 0 aliphatic heterocycles. The summed E-state index contributed by atoms with van der Waals surface area (Å²) in [6.45, 7) is -2.58. The third-order valence-electron chi connectivity index (χ3n) is 2.66. The summed E-state index contributed by atoms with van der Waals surface area (Å²) in [4.78, 5) is 0. The number of ether oxygens (including phenoxy) is 1. The number of nitrogens with one attached hydrogen (secondary N) is 1. The first-order valence-corrected chi connectivity index (χ1v) is 7.85. The minimum absolute atomic E-state index is 0.102. The molecule has 0 radical (unpaired) electrons. The molecule has 0 aliphatic carbocycles. The molecule has 1 N–H and O–H groups in total. The Balaban J connectivity index is 2.21. The van der Waals surface area contributed by atoms with E-state index in [4.69, 9.17) is 11.6 Å². The Labute approximate surface area is 142 Å². The maximum atomic E-state index is 12.4. The summed E-state index contributed by atoms with van der Waals surface area (Å²) in [6, 6.07) is 10.2. The first-order chi connectivity index (χ1) is 9.97. The van der Waals surface area contributed by atoms with Crippen molar-refractivity contribution in [2.75, 3.05) is 5.32 Å². The predicted octanol–water partition coefficient (Wildman–Crippen LogP) is 6.08. The van der Waals surface area contributed by atoms with Crippen molar-refractivity contribution in [1.82, 2.24) is 0 Å². The van der Waals surface area contributed by atoms with E-state index in [-0.39, 0.29) is 5.75 Å². The molecule has 0 atom stereocenters. The monoisotopic (exact) mass is 439 g/mol. The van der Waals surface area contributed by atoms with E-state index in [9.17, 15) is 8.78 Å². The highest BCUT2D eigenvalue weighted by Crippen LogP contribution is 2.32. The van der Waals surface area contributed by atoms with Crippen molar-refractivity contribution >= 4 is 49.1 Å². The molecular weight excluding hydrogens is 431 g/mol. The molecule has 0 aliphatic rings. The van der Waals surface area contributed by atoms with Crippen LogP contribution >= 0.6 is 43.5 Å². The Morgan fingerprint density at radius 3 is 2.43 bits per heavy atom. The Hall–Kier alpha value is -0.850. The molecule has 0 aromatic heterocycles. The molecule has 2 aromatic rings. The van der Waals surface area contributed by atoms with Crippen LogP contribution in [0, 0.1) is 0 Å². The van der Waals surface area contributed by atoms with E-state index in [1.54, 1.807) is 6.07 Å². The van der Waals surface area contributed by atoms with Gasteiger partial charge in [-0.05, 0) is 62.2 Å². The summed E-state index contributed by atoms with van der Waals surface area (Å²) in [5, 5.41) is 3.62. The van der Waals surface area contributed by atoms with Crippen molar-refractivity contribution in [3.8, 4) is 5.75 Å². The summed E-state index contributed by atoms with van der Waals surface area (Å²) in [5.74, 6) is 0.102. The van der Waals surface area contributed by atoms with Gasteiger partial charge in [0, 0.05) is 26.1 Å². The van der Waals surface area contributed by atoms with Crippen LogP contribution in [0.5, 0.6) is 5.75 Å². The molecule has 0 unspecified atom stereocenters. The highest BCUT2D eigenvalue weighted by molar-refractivity contribution is 9.11. The van der Waals surface area contributed by atoms with Gasteiger partial charge < -0.3 is 10.1 Å². The van der Waals surface area contributed by atoms with Crippen LogP contribution in [0.4, 0.5) is 14.5 Å². The quantitative estimate of drug-likeness (QED) is 0.607. The SMILES string of the molecule is FC(F)Oc1ccc(Cl)cc1CNc1c(Br)cccc1Br. The molecule has 2 rings (SSSR count). The van der Waals surface area contributed by atoms with Crippen LogP contribution in [0.3, 0.4) is 0 Å². The largest absolute Gasteiger partial charge is 0.434 e. The summed E-state index contributed by atoms with van der Waals surface area (Å²) in [7, 11) is 0. The van der Waals surface area contributed by atoms with Crippen LogP contribution < -0.4 is 10.1 Å². The molecule has 7 heteroatoms. The standard InChI is InChI=1S/C14H10Br2ClF2NO/c15-10-2-1-3-11(16)13(10)20-7-8-6-9(17)4-5-12(8)21-14(18)19/h1-6,14,20H,7H2. The van der Waals surface area contributed by atoms with E-state index < -0.39 is 6.61 Å². The lowest BCUT2D eigenvalue weighted by atomic mass is 10.2. The molecule has 112 valence electrons. The van der Waals surface area contributed by atoms with Gasteiger partial charge in [0.2, 0.25) is 0 Å². The van der Waals surface area contributed by atoms with Crippen LogP contribution in [0.2, 0.25) is 5.02 Å². The first kappa shape index (κ1) is 16.5. The van der Waals surface area contributed by atoms with Gasteiger partial charge in [0.1, 0.15) is 5.75 Å². The number of para-hydroxylation sites is 1. The van der Waals surface area contributed by atoms with E-state index >= 15 is 0 Å². The second kappa shape index (κ2) is 7.42. The van der Waals surface area contributed by atoms with Crippen molar-refractivity contribution in [1.29, 1.82) is 0 Å². The lowest BCUT2D eigenvalue weighted by Gasteiger charge is -2.14. The van der Waals surface area contributed by atoms with Crippen molar-refractivity contribution in [3.05, 3.63) is 55.9 Å². The first-order valence-electron chi connectivity index (χ1n) is 5.88. The highest BCUT2D eigenvalue weighted by Gasteiger charge is 2.11. The van der Waals surface area contributed by atoms with Crippen LogP contribution in [-0.2, 0) is 6.54 Å². The number of alkyl halides is 2. The predicted molar refractivity (Wildman–Crippen MR) is 87.3 cm³/mol. The lowest BCUT2D eigenvalue weighted by Crippen LogP contribution is -2.07. The zero-order valence-corrected chi connectivity index (χ0v) is 14.5. The number of halogens is 5. The minimum Gasteiger partial charge on any atom is -0.434 e. The third-order valence-corrected chi connectivity index (χ3v) is 4.21. The summed E-state index contributed by atoms with van der Waals surface area (Å²) in [5.41, 5.74) is 1.37. The van der Waals surface area contributed by atoms with Crippen LogP contribution in [0.25, 0.3) is 0 Å². The second-order valence-electron chi connectivity index (χ2n) is 4.08. The Morgan fingerprint density at radius 2 is 1.81 bits per heavy atom. The zero-order valence-electron chi connectivity index (χ0n) is 10.5. The molecule has 0 spiro atoms. The smallest absolute Gasteiger partial charge is 0.387 e. The lowest BCUT2D eigenvalue weighted by molar-refractivity contribution is -0.0504. The van der Waals surface area contributed by atoms with E-state index in [2.05, 4.69) is 41.9 Å². The molecule has 0 fully saturated rings. The number of rotatable bonds is 5. The van der Waals surface area contributed by atoms with Crippen molar-refractivity contribution in [2.24, 2.45) is 0 Å². The number of anilines is 1. The fourth-order valence-electron chi connectivity index (χ4n) is 1.75. The van der Waals surface area contributed by atoms with Crippen molar-refractivity contribution < 1.29 is 13.5 Å². The van der Waals surface area contributed by atoms with Gasteiger partial charge in [-0.25, -0.2) is 0 Å². The highest BCUT2D eigenvalue weighted by atomic mass is 79.9. The van der Waals surface area contributed by atoms with Gasteiger partial charge in [0.15, 0.2) is 0 Å². The fourth-order valence-corrected chi connectivity index (χ4v) is 3.22. The van der Waals surface area contributed by atoms with E-state index in [1.807, 2.05) is 18.2 Å².